The maximum Gasteiger partial charge on any atom is 0.331 e. The molecule has 0 saturated carbocycles. The number of carbonyl (C=O) groups excluding carboxylic acids is 1. The summed E-state index contributed by atoms with van der Waals surface area (Å²) in [4.78, 5) is 36.8. The summed E-state index contributed by atoms with van der Waals surface area (Å²) in [6, 6.07) is 0. The highest BCUT2D eigenvalue weighted by Gasteiger charge is 2.19. The van der Waals surface area contributed by atoms with Crippen LogP contribution in [-0.4, -0.2) is 20.6 Å². The Morgan fingerprint density at radius 1 is 1.17 bits per heavy atom. The Morgan fingerprint density at radius 2 is 1.78 bits per heavy atom. The highest BCUT2D eigenvalue weighted by Crippen LogP contribution is 2.09. The van der Waals surface area contributed by atoms with Crippen molar-refractivity contribution in [3.05, 3.63) is 31.6 Å². The van der Waals surface area contributed by atoms with Gasteiger partial charge < -0.3 is 5.32 Å². The van der Waals surface area contributed by atoms with Crippen LogP contribution < -0.4 is 16.6 Å². The van der Waals surface area contributed by atoms with Crippen molar-refractivity contribution in [1.29, 1.82) is 0 Å². The molecular formula is C16H26ClN3O3. The first-order valence-corrected chi connectivity index (χ1v) is 8.27. The lowest BCUT2D eigenvalue weighted by Crippen LogP contribution is -2.48. The van der Waals surface area contributed by atoms with E-state index >= 15 is 0 Å². The summed E-state index contributed by atoms with van der Waals surface area (Å²) in [5.74, 6) is -0.392. The predicted molar refractivity (Wildman–Crippen MR) is 92.1 cm³/mol. The normalized spacial score (nSPS) is 11.6. The molecule has 0 radical (unpaired) electrons. The van der Waals surface area contributed by atoms with Crippen molar-refractivity contribution in [2.24, 2.45) is 0 Å². The van der Waals surface area contributed by atoms with Gasteiger partial charge in [0.1, 0.15) is 11.6 Å². The minimum absolute atomic E-state index is 0.00958. The fraction of sp³-hybridized carbons (Fsp3) is 0.688. The van der Waals surface area contributed by atoms with Crippen molar-refractivity contribution in [2.75, 3.05) is 0 Å². The maximum atomic E-state index is 12.5. The molecule has 1 amide bonds. The van der Waals surface area contributed by atoms with Gasteiger partial charge in [0.25, 0.3) is 5.56 Å². The Balaban J connectivity index is 3.19. The van der Waals surface area contributed by atoms with Crippen LogP contribution in [0.3, 0.4) is 0 Å². The average Bonchev–Trinajstić information content (AvgIpc) is 2.43. The molecule has 130 valence electrons. The molecule has 0 saturated heterocycles. The van der Waals surface area contributed by atoms with Gasteiger partial charge in [-0.1, -0.05) is 31.4 Å². The zero-order valence-electron chi connectivity index (χ0n) is 14.5. The topological polar surface area (TPSA) is 73.1 Å². The van der Waals surface area contributed by atoms with Gasteiger partial charge >= 0.3 is 5.69 Å². The van der Waals surface area contributed by atoms with Crippen molar-refractivity contribution in [1.82, 2.24) is 14.5 Å². The van der Waals surface area contributed by atoms with Gasteiger partial charge in [-0.15, -0.1) is 0 Å². The highest BCUT2D eigenvalue weighted by atomic mass is 35.5. The standard InChI is InChI=1S/C16H26ClN3O3/c1-6-7-8-9-19-11(2)13(17)14(22)20(15(19)23)10-12(21)18-16(3,4)5/h6-10H2,1-5H3,(H,18,21). The lowest BCUT2D eigenvalue weighted by atomic mass is 10.1. The van der Waals surface area contributed by atoms with E-state index in [0.29, 0.717) is 12.2 Å². The summed E-state index contributed by atoms with van der Waals surface area (Å²) in [7, 11) is 0. The molecule has 0 bridgehead atoms. The first-order chi connectivity index (χ1) is 10.6. The Morgan fingerprint density at radius 3 is 2.30 bits per heavy atom. The van der Waals surface area contributed by atoms with E-state index in [1.54, 1.807) is 6.92 Å². The van der Waals surface area contributed by atoms with Crippen LogP contribution in [0.2, 0.25) is 5.02 Å². The van der Waals surface area contributed by atoms with Crippen LogP contribution >= 0.6 is 11.6 Å². The quantitative estimate of drug-likeness (QED) is 0.804. The maximum absolute atomic E-state index is 12.5. The molecule has 6 nitrogen and oxygen atoms in total. The number of aromatic nitrogens is 2. The van der Waals surface area contributed by atoms with Crippen molar-refractivity contribution in [3.8, 4) is 0 Å². The second kappa shape index (κ2) is 7.81. The summed E-state index contributed by atoms with van der Waals surface area (Å²) in [5, 5.41) is 2.73. The Labute approximate surface area is 141 Å². The molecule has 0 spiro atoms. The van der Waals surface area contributed by atoms with Crippen LogP contribution in [0.15, 0.2) is 9.59 Å². The van der Waals surface area contributed by atoms with E-state index in [1.807, 2.05) is 20.8 Å². The molecule has 1 aromatic rings. The summed E-state index contributed by atoms with van der Waals surface area (Å²) >= 11 is 6.06. The molecule has 0 aliphatic heterocycles. The molecule has 0 aromatic carbocycles. The third-order valence-electron chi connectivity index (χ3n) is 3.42. The molecular weight excluding hydrogens is 318 g/mol. The number of unbranched alkanes of at least 4 members (excludes halogenated alkanes) is 2. The van der Waals surface area contributed by atoms with E-state index in [0.717, 1.165) is 23.8 Å². The molecule has 1 N–H and O–H groups in total. The van der Waals surface area contributed by atoms with Crippen LogP contribution in [0.25, 0.3) is 0 Å². The Hall–Kier alpha value is -1.56. The second-order valence-corrected chi connectivity index (χ2v) is 7.11. The number of nitrogens with zero attached hydrogens (tertiary/aromatic N) is 2. The molecule has 23 heavy (non-hydrogen) atoms. The number of carbonyl (C=O) groups is 1. The number of nitrogens with one attached hydrogen (secondary N) is 1. The molecule has 7 heteroatoms. The van der Waals surface area contributed by atoms with Crippen molar-refractivity contribution >= 4 is 17.5 Å². The van der Waals surface area contributed by atoms with Crippen LogP contribution in [0.1, 0.15) is 52.7 Å². The van der Waals surface area contributed by atoms with Crippen LogP contribution in [0.5, 0.6) is 0 Å². The Bertz CT molecular complexity index is 684. The third-order valence-corrected chi connectivity index (χ3v) is 3.85. The lowest BCUT2D eigenvalue weighted by molar-refractivity contribution is -0.123. The van der Waals surface area contributed by atoms with Gasteiger partial charge in [-0.05, 0) is 34.1 Å². The minimum Gasteiger partial charge on any atom is -0.350 e. The third kappa shape index (κ3) is 5.23. The van der Waals surface area contributed by atoms with Gasteiger partial charge in [0, 0.05) is 17.8 Å². The molecule has 0 atom stereocenters. The summed E-state index contributed by atoms with van der Waals surface area (Å²) in [5.41, 5.74) is -1.10. The average molecular weight is 344 g/mol. The predicted octanol–water partition coefficient (Wildman–Crippen LogP) is 2.08. The van der Waals surface area contributed by atoms with Gasteiger partial charge in [-0.3, -0.25) is 14.2 Å². The highest BCUT2D eigenvalue weighted by molar-refractivity contribution is 6.31. The van der Waals surface area contributed by atoms with Crippen molar-refractivity contribution in [3.63, 3.8) is 0 Å². The van der Waals surface area contributed by atoms with Gasteiger partial charge in [0.15, 0.2) is 0 Å². The largest absolute Gasteiger partial charge is 0.350 e. The molecule has 0 aliphatic rings. The van der Waals surface area contributed by atoms with Crippen molar-refractivity contribution < 1.29 is 4.79 Å². The molecule has 0 aliphatic carbocycles. The van der Waals surface area contributed by atoms with Gasteiger partial charge in [0.2, 0.25) is 5.91 Å². The monoisotopic (exact) mass is 343 g/mol. The van der Waals surface area contributed by atoms with Gasteiger partial charge in [-0.25, -0.2) is 9.36 Å². The fourth-order valence-corrected chi connectivity index (χ4v) is 2.50. The number of halogens is 1. The first kappa shape index (κ1) is 19.5. The zero-order valence-corrected chi connectivity index (χ0v) is 15.3. The molecule has 0 fully saturated rings. The van der Waals surface area contributed by atoms with Gasteiger partial charge in [-0.2, -0.15) is 0 Å². The van der Waals surface area contributed by atoms with E-state index in [-0.39, 0.29) is 11.6 Å². The molecule has 1 aromatic heterocycles. The summed E-state index contributed by atoms with van der Waals surface area (Å²) < 4.78 is 2.38. The van der Waals surface area contributed by atoms with Gasteiger partial charge in [0.05, 0.1) is 0 Å². The van der Waals surface area contributed by atoms with E-state index in [4.69, 9.17) is 11.6 Å². The Kier molecular flexibility index (Phi) is 6.62. The number of amides is 1. The zero-order chi connectivity index (χ0) is 17.8. The molecule has 1 rings (SSSR count). The second-order valence-electron chi connectivity index (χ2n) is 6.73. The van der Waals surface area contributed by atoms with Crippen LogP contribution in [0, 0.1) is 6.92 Å². The van der Waals surface area contributed by atoms with Crippen LogP contribution in [-0.2, 0) is 17.9 Å². The van der Waals surface area contributed by atoms with E-state index in [1.165, 1.54) is 4.57 Å². The van der Waals surface area contributed by atoms with E-state index in [2.05, 4.69) is 12.2 Å². The number of hydrogen-bond donors (Lipinski definition) is 1. The van der Waals surface area contributed by atoms with Crippen molar-refractivity contribution in [2.45, 2.75) is 72.5 Å². The van der Waals surface area contributed by atoms with E-state index in [9.17, 15) is 14.4 Å². The number of rotatable bonds is 6. The summed E-state index contributed by atoms with van der Waals surface area (Å²) in [6.07, 6.45) is 2.82. The molecule has 1 heterocycles. The van der Waals surface area contributed by atoms with Crippen LogP contribution in [0.4, 0.5) is 0 Å². The summed E-state index contributed by atoms with van der Waals surface area (Å²) in [6.45, 7) is 9.37. The fourth-order valence-electron chi connectivity index (χ4n) is 2.29. The minimum atomic E-state index is -0.620. The smallest absolute Gasteiger partial charge is 0.331 e. The SMILES string of the molecule is CCCCCn1c(C)c(Cl)c(=O)n(CC(=O)NC(C)(C)C)c1=O. The van der Waals surface area contributed by atoms with E-state index < -0.39 is 22.7 Å². The first-order valence-electron chi connectivity index (χ1n) is 7.89. The molecule has 0 unspecified atom stereocenters. The lowest BCUT2D eigenvalue weighted by Gasteiger charge is -2.21. The number of hydrogen-bond acceptors (Lipinski definition) is 3.